The first-order chi connectivity index (χ1) is 57.0. The van der Waals surface area contributed by atoms with E-state index in [0.29, 0.717) is 81.8 Å². The number of ether oxygens (including phenoxy) is 3. The second-order valence-electron chi connectivity index (χ2n) is 26.8. The average Bonchev–Trinajstić information content (AvgIpc) is 1.05. The quantitative estimate of drug-likeness (QED) is 0.0173. The van der Waals surface area contributed by atoms with Gasteiger partial charge in [0, 0.05) is 105 Å². The predicted molar refractivity (Wildman–Crippen MR) is 487 cm³/mol. The van der Waals surface area contributed by atoms with Crippen LogP contribution in [0.2, 0.25) is 0 Å². The Hall–Kier alpha value is -11.0. The van der Waals surface area contributed by atoms with Crippen LogP contribution >= 0.6 is 49.0 Å². The number of nitrogens with zero attached hydrogens (tertiary/aromatic N) is 6. The minimum Gasteiger partial charge on any atom is -0.480 e. The van der Waals surface area contributed by atoms with Gasteiger partial charge >= 0.3 is 23.9 Å². The fourth-order valence-electron chi connectivity index (χ4n) is 13.2. The molecule has 23 nitrogen and oxygen atoms in total. The van der Waals surface area contributed by atoms with Crippen molar-refractivity contribution in [3.05, 3.63) is 344 Å². The predicted octanol–water partition coefficient (Wildman–Crippen LogP) is 18.3. The van der Waals surface area contributed by atoms with E-state index >= 15 is 0 Å². The van der Waals surface area contributed by atoms with Gasteiger partial charge in [0.2, 0.25) is 40.9 Å². The standard InChI is InChI=1S/C24H24N2O4S.C23H25NO4S.C22H20N2O4S.C13H10OS.C10H15NO2.I2.2H2O/c1-5-30-23(27)16-26-17(2)21(24(25-4)18(26)3)15-19-11-9-10-14-22(19)31(28,29)20-12-7-6-8-13-20;1-4-28-23(25)16-24-17(2)14-20(18(24)3)15-19-10-8-9-13-22(19)29(26,27)21-11-6-5-7-12-21;1-15-19(22(23-3)16(2)24(15)14-21(25)26)13-17-9-7-8-12-20(17)29(27,28)18-10-5-4-6-11-18;14-10-11-6-4-5-9-13(11)15-12-7-2-1-3-8-12;1-4-13-10(12)7-11-8(2)5-6-9(11)3;1-2;;/h6-14H,5,15-16H2,1-3H3;5-14H,4,15-16H2,1-3H3;4-12H,13-14H2,1-2H3,(H,25,26);1-10H;5-6H,4,7H2,1-3H3;;2*1H2. The Balaban J connectivity index is 0.000000275. The van der Waals surface area contributed by atoms with E-state index in [0.717, 1.165) is 61.2 Å². The summed E-state index contributed by atoms with van der Waals surface area (Å²) >= 11 is 5.85. The van der Waals surface area contributed by atoms with Crippen LogP contribution in [0.4, 0.5) is 11.4 Å². The number of hydrogen-bond acceptors (Lipinski definition) is 15. The Morgan fingerprint density at radius 3 is 1.08 bits per heavy atom. The van der Waals surface area contributed by atoms with Crippen molar-refractivity contribution in [1.29, 1.82) is 0 Å². The number of carbonyl (C=O) groups excluding carboxylic acids is 4. The monoisotopic (exact) mass is 1940 g/mol. The zero-order valence-corrected chi connectivity index (χ0v) is 76.5. The van der Waals surface area contributed by atoms with Crippen LogP contribution in [0.3, 0.4) is 0 Å². The minimum atomic E-state index is -3.72. The maximum atomic E-state index is 13.2. The molecular formula is C92H98I2N6O17S4. The number of carboxylic acid groups (broad SMARTS) is 1. The molecule has 29 heteroatoms. The molecule has 636 valence electrons. The number of sulfone groups is 3. The molecule has 4 aromatic heterocycles. The van der Waals surface area contributed by atoms with Gasteiger partial charge in [-0.05, 0) is 213 Å². The van der Waals surface area contributed by atoms with Crippen molar-refractivity contribution in [2.45, 2.75) is 161 Å². The van der Waals surface area contributed by atoms with Gasteiger partial charge in [0.15, 0.2) is 6.29 Å². The van der Waals surface area contributed by atoms with Crippen LogP contribution in [0, 0.1) is 68.5 Å². The number of benzene rings is 8. The highest BCUT2D eigenvalue weighted by Crippen LogP contribution is 2.38. The Labute approximate surface area is 736 Å². The molecule has 4 heterocycles. The highest BCUT2D eigenvalue weighted by atomic mass is 128. The summed E-state index contributed by atoms with van der Waals surface area (Å²) in [4.78, 5) is 67.9. The van der Waals surface area contributed by atoms with E-state index in [9.17, 15) is 54.3 Å². The van der Waals surface area contributed by atoms with E-state index in [1.165, 1.54) is 0 Å². The van der Waals surface area contributed by atoms with E-state index in [-0.39, 0.29) is 92.4 Å². The van der Waals surface area contributed by atoms with Crippen LogP contribution in [0.1, 0.15) is 110 Å². The number of esters is 3. The molecule has 0 unspecified atom stereocenters. The second-order valence-corrected chi connectivity index (χ2v) is 33.6. The normalized spacial score (nSPS) is 10.6. The zero-order chi connectivity index (χ0) is 87.2. The summed E-state index contributed by atoms with van der Waals surface area (Å²) in [5.41, 5.74) is 12.5. The van der Waals surface area contributed by atoms with Crippen molar-refractivity contribution in [2.24, 2.45) is 0 Å². The van der Waals surface area contributed by atoms with E-state index in [4.69, 9.17) is 27.4 Å². The lowest BCUT2D eigenvalue weighted by Gasteiger charge is -2.12. The van der Waals surface area contributed by atoms with Crippen molar-refractivity contribution < 1.29 is 79.5 Å². The van der Waals surface area contributed by atoms with Crippen LogP contribution in [0.25, 0.3) is 9.69 Å². The van der Waals surface area contributed by atoms with Gasteiger partial charge in [-0.25, -0.2) is 34.9 Å². The summed E-state index contributed by atoms with van der Waals surface area (Å²) in [5.74, 6) is -1.84. The van der Waals surface area contributed by atoms with E-state index in [2.05, 4.69) is 46.9 Å². The average molecular weight is 1940 g/mol. The molecule has 0 amide bonds. The topological polar surface area (TPSA) is 327 Å². The minimum absolute atomic E-state index is 0. The van der Waals surface area contributed by atoms with Gasteiger partial charge in [-0.3, -0.25) is 24.0 Å². The van der Waals surface area contributed by atoms with Gasteiger partial charge in [-0.2, -0.15) is 0 Å². The van der Waals surface area contributed by atoms with Gasteiger partial charge in [-0.15, -0.1) is 0 Å². The molecule has 12 aromatic rings. The summed E-state index contributed by atoms with van der Waals surface area (Å²) in [6, 6.07) is 69.2. The summed E-state index contributed by atoms with van der Waals surface area (Å²) < 4.78 is 101. The van der Waals surface area contributed by atoms with Gasteiger partial charge in [-0.1, -0.05) is 157 Å². The smallest absolute Gasteiger partial charge is 0.325 e. The maximum Gasteiger partial charge on any atom is 0.325 e. The molecule has 0 spiro atoms. The largest absolute Gasteiger partial charge is 0.480 e. The van der Waals surface area contributed by atoms with Crippen molar-refractivity contribution in [1.82, 2.24) is 18.3 Å². The second kappa shape index (κ2) is 48.4. The third kappa shape index (κ3) is 26.5. The van der Waals surface area contributed by atoms with Crippen LogP contribution in [0.15, 0.2) is 276 Å². The Morgan fingerprint density at radius 2 is 0.719 bits per heavy atom. The highest BCUT2D eigenvalue weighted by Gasteiger charge is 2.28. The molecule has 0 radical (unpaired) electrons. The Morgan fingerprint density at radius 1 is 0.397 bits per heavy atom. The number of aryl methyl sites for hydroxylation is 3. The first-order valence-corrected chi connectivity index (χ1v) is 49.2. The number of halogens is 2. The number of rotatable bonds is 26. The molecule has 0 aliphatic rings. The van der Waals surface area contributed by atoms with Gasteiger partial charge in [0.1, 0.15) is 26.2 Å². The Kier molecular flexibility index (Phi) is 40.3. The summed E-state index contributed by atoms with van der Waals surface area (Å²) in [7, 11) is -11.0. The SMILES string of the molecule is CCOC(=O)Cn1c(C)cc(Cc2ccccc2S(=O)(=O)c2ccccc2)c1C.CCOC(=O)Cn1c(C)ccc1C.II.O.O.O=Cc1ccccc1Sc1ccccc1.[C-]#[N+]c1c(Cc2ccccc2S(=O)(=O)c2ccccc2)c(C)n(CC(=O)O)c1C.[C-]#[N+]c1c(Cc2ccccc2S(=O)(=O)c2ccccc2)c(C)n(CC(=O)OCC)c1C. The number of aromatic nitrogens is 4. The third-order valence-electron chi connectivity index (χ3n) is 19.2. The van der Waals surface area contributed by atoms with Crippen LogP contribution < -0.4 is 0 Å². The van der Waals surface area contributed by atoms with Crippen molar-refractivity contribution in [3.8, 4) is 0 Å². The molecule has 121 heavy (non-hydrogen) atoms. The first-order valence-electron chi connectivity index (χ1n) is 37.6. The zero-order valence-electron chi connectivity index (χ0n) is 68.9. The summed E-state index contributed by atoms with van der Waals surface area (Å²) in [6.07, 6.45) is 1.84. The third-order valence-corrected chi connectivity index (χ3v) is 25.9. The molecule has 0 aliphatic heterocycles. The van der Waals surface area contributed by atoms with Crippen LogP contribution in [0.5, 0.6) is 0 Å². The summed E-state index contributed by atoms with van der Waals surface area (Å²) in [5, 5.41) is 9.18. The molecule has 0 saturated carbocycles. The maximum absolute atomic E-state index is 13.2. The number of aliphatic carboxylic acids is 1. The van der Waals surface area contributed by atoms with Crippen molar-refractivity contribution >= 4 is 120 Å². The van der Waals surface area contributed by atoms with E-state index in [1.54, 1.807) is 207 Å². The molecule has 8 aromatic carbocycles. The van der Waals surface area contributed by atoms with Crippen molar-refractivity contribution in [3.63, 3.8) is 0 Å². The first kappa shape index (κ1) is 101. The number of carboxylic acids is 1. The molecule has 0 fully saturated rings. The van der Waals surface area contributed by atoms with Gasteiger partial charge in [0.05, 0.1) is 62.3 Å². The fraction of sp³-hybridized carbons (Fsp3) is 0.228. The lowest BCUT2D eigenvalue weighted by Crippen LogP contribution is -2.15. The number of carbonyl (C=O) groups is 5. The van der Waals surface area contributed by atoms with Crippen LogP contribution in [-0.4, -0.2) is 110 Å². The van der Waals surface area contributed by atoms with E-state index in [1.807, 2.05) is 136 Å². The molecule has 5 N–H and O–H groups in total. The molecular weight excluding hydrogens is 1840 g/mol. The lowest BCUT2D eigenvalue weighted by atomic mass is 10.0. The summed E-state index contributed by atoms with van der Waals surface area (Å²) in [6.45, 7) is 36.8. The molecule has 0 atom stereocenters. The van der Waals surface area contributed by atoms with Gasteiger partial charge in [0.25, 0.3) is 0 Å². The van der Waals surface area contributed by atoms with Crippen molar-refractivity contribution in [2.75, 3.05) is 19.8 Å². The lowest BCUT2D eigenvalue weighted by molar-refractivity contribution is -0.144. The molecule has 0 aliphatic carbocycles. The molecule has 12 rings (SSSR count). The fourth-order valence-corrected chi connectivity index (χ4v) is 18.7. The van der Waals surface area contributed by atoms with E-state index < -0.39 is 35.5 Å². The van der Waals surface area contributed by atoms with Gasteiger partial charge < -0.3 is 48.5 Å². The molecule has 0 saturated heterocycles. The number of hydrogen-bond donors (Lipinski definition) is 1. The Bertz CT molecular complexity index is 5940. The highest BCUT2D eigenvalue weighted by molar-refractivity contribution is 15.0. The molecule has 0 bridgehead atoms. The number of aldehydes is 1. The van der Waals surface area contributed by atoms with Crippen LogP contribution in [-0.2, 0) is 108 Å².